The van der Waals surface area contributed by atoms with Crippen molar-refractivity contribution in [3.05, 3.63) is 30.1 Å². The van der Waals surface area contributed by atoms with Crippen molar-refractivity contribution in [1.29, 1.82) is 0 Å². The highest BCUT2D eigenvalue weighted by Crippen LogP contribution is 2.07. The molecule has 1 aromatic rings. The molecule has 1 aromatic heterocycles. The Kier molecular flexibility index (Phi) is 7.75. The van der Waals surface area contributed by atoms with Gasteiger partial charge >= 0.3 is 0 Å². The first-order valence-electron chi connectivity index (χ1n) is 6.57. The highest BCUT2D eigenvalue weighted by atomic mass is 32.1. The molecule has 0 aliphatic heterocycles. The first kappa shape index (κ1) is 16.5. The number of aromatic nitrogens is 1. The van der Waals surface area contributed by atoms with Gasteiger partial charge in [-0.25, -0.2) is 0 Å². The van der Waals surface area contributed by atoms with Crippen LogP contribution >= 0.6 is 12.2 Å². The molecule has 0 fully saturated rings. The minimum Gasteiger partial charge on any atom is -0.393 e. The topological polar surface area (TPSA) is 68.5 Å². The van der Waals surface area contributed by atoms with Gasteiger partial charge in [0, 0.05) is 52.0 Å². The van der Waals surface area contributed by atoms with E-state index in [1.54, 1.807) is 24.4 Å². The predicted molar refractivity (Wildman–Crippen MR) is 82.2 cm³/mol. The van der Waals surface area contributed by atoms with E-state index in [9.17, 15) is 4.79 Å². The number of nitrogens with zero attached hydrogens (tertiary/aromatic N) is 2. The normalized spacial score (nSPS) is 10.2. The predicted octanol–water partition coefficient (Wildman–Crippen LogP) is 1.51. The SMILES string of the molecule is COCCCC(=O)N(CCC(N)=S)Cc1cccnc1. The number of rotatable bonds is 9. The number of hydrogen-bond donors (Lipinski definition) is 1. The summed E-state index contributed by atoms with van der Waals surface area (Å²) in [6, 6.07) is 3.81. The number of ether oxygens (including phenoxy) is 1. The number of carbonyl (C=O) groups is 1. The minimum absolute atomic E-state index is 0.0853. The van der Waals surface area contributed by atoms with Crippen LogP contribution in [0.5, 0.6) is 0 Å². The van der Waals surface area contributed by atoms with Crippen molar-refractivity contribution in [2.45, 2.75) is 25.8 Å². The Morgan fingerprint density at radius 3 is 2.90 bits per heavy atom. The van der Waals surface area contributed by atoms with Gasteiger partial charge in [0.1, 0.15) is 0 Å². The molecule has 0 radical (unpaired) electrons. The van der Waals surface area contributed by atoms with E-state index in [1.165, 1.54) is 0 Å². The Balaban J connectivity index is 2.59. The molecule has 1 amide bonds. The number of amides is 1. The van der Waals surface area contributed by atoms with Gasteiger partial charge in [0.15, 0.2) is 0 Å². The van der Waals surface area contributed by atoms with Crippen LogP contribution < -0.4 is 5.73 Å². The second-order valence-electron chi connectivity index (χ2n) is 4.49. The molecule has 1 heterocycles. The summed E-state index contributed by atoms with van der Waals surface area (Å²) in [5, 5.41) is 0. The molecule has 0 unspecified atom stereocenters. The van der Waals surface area contributed by atoms with Crippen LogP contribution in [0, 0.1) is 0 Å². The molecule has 0 saturated carbocycles. The van der Waals surface area contributed by atoms with E-state index in [4.69, 9.17) is 22.7 Å². The van der Waals surface area contributed by atoms with Crippen LogP contribution in [0.3, 0.4) is 0 Å². The Morgan fingerprint density at radius 2 is 2.30 bits per heavy atom. The maximum absolute atomic E-state index is 12.2. The second kappa shape index (κ2) is 9.39. The summed E-state index contributed by atoms with van der Waals surface area (Å²) in [6.07, 6.45) is 5.18. The van der Waals surface area contributed by atoms with E-state index in [-0.39, 0.29) is 5.91 Å². The minimum atomic E-state index is 0.0853. The van der Waals surface area contributed by atoms with Crippen molar-refractivity contribution in [3.8, 4) is 0 Å². The van der Waals surface area contributed by atoms with Crippen molar-refractivity contribution in [1.82, 2.24) is 9.88 Å². The van der Waals surface area contributed by atoms with Crippen LogP contribution in [0.1, 0.15) is 24.8 Å². The molecule has 0 atom stereocenters. The monoisotopic (exact) mass is 295 g/mol. The number of hydrogen-bond acceptors (Lipinski definition) is 4. The Bertz CT molecular complexity index is 426. The van der Waals surface area contributed by atoms with Gasteiger partial charge in [-0.2, -0.15) is 0 Å². The molecule has 2 N–H and O–H groups in total. The van der Waals surface area contributed by atoms with E-state index < -0.39 is 0 Å². The van der Waals surface area contributed by atoms with Gasteiger partial charge in [-0.1, -0.05) is 18.3 Å². The first-order chi connectivity index (χ1) is 9.63. The molecule has 6 heteroatoms. The Morgan fingerprint density at radius 1 is 1.50 bits per heavy atom. The summed E-state index contributed by atoms with van der Waals surface area (Å²) in [7, 11) is 1.63. The summed E-state index contributed by atoms with van der Waals surface area (Å²) >= 11 is 4.88. The smallest absolute Gasteiger partial charge is 0.222 e. The fourth-order valence-corrected chi connectivity index (χ4v) is 1.87. The fraction of sp³-hybridized carbons (Fsp3) is 0.500. The van der Waals surface area contributed by atoms with Gasteiger partial charge in [0.2, 0.25) is 5.91 Å². The van der Waals surface area contributed by atoms with Crippen molar-refractivity contribution in [3.63, 3.8) is 0 Å². The number of carbonyl (C=O) groups excluding carboxylic acids is 1. The van der Waals surface area contributed by atoms with Crippen LogP contribution in [0.25, 0.3) is 0 Å². The standard InChI is InChI=1S/C14H21N3O2S/c1-19-9-3-5-14(18)17(8-6-13(15)20)11-12-4-2-7-16-10-12/h2,4,7,10H,3,5-6,8-9,11H2,1H3,(H2,15,20). The van der Waals surface area contributed by atoms with Gasteiger partial charge in [-0.15, -0.1) is 0 Å². The third kappa shape index (κ3) is 6.58. The van der Waals surface area contributed by atoms with E-state index in [2.05, 4.69) is 4.98 Å². The van der Waals surface area contributed by atoms with Gasteiger partial charge < -0.3 is 15.4 Å². The lowest BCUT2D eigenvalue weighted by Gasteiger charge is -2.22. The average molecular weight is 295 g/mol. The van der Waals surface area contributed by atoms with E-state index in [0.717, 1.165) is 5.56 Å². The number of nitrogens with two attached hydrogens (primary N) is 1. The summed E-state index contributed by atoms with van der Waals surface area (Å²) in [6.45, 7) is 1.65. The van der Waals surface area contributed by atoms with Gasteiger partial charge in [-0.3, -0.25) is 9.78 Å². The summed E-state index contributed by atoms with van der Waals surface area (Å²) in [4.78, 5) is 18.5. The van der Waals surface area contributed by atoms with Crippen molar-refractivity contribution < 1.29 is 9.53 Å². The summed E-state index contributed by atoms with van der Waals surface area (Å²) in [5.74, 6) is 0.0853. The largest absolute Gasteiger partial charge is 0.393 e. The molecule has 110 valence electrons. The molecule has 0 aliphatic carbocycles. The zero-order chi connectivity index (χ0) is 14.8. The van der Waals surface area contributed by atoms with Crippen molar-refractivity contribution >= 4 is 23.1 Å². The van der Waals surface area contributed by atoms with Crippen LogP contribution in [0.4, 0.5) is 0 Å². The van der Waals surface area contributed by atoms with E-state index >= 15 is 0 Å². The zero-order valence-electron chi connectivity index (χ0n) is 11.7. The van der Waals surface area contributed by atoms with Crippen LogP contribution in [0.15, 0.2) is 24.5 Å². The molecule has 0 bridgehead atoms. The summed E-state index contributed by atoms with van der Waals surface area (Å²) in [5.41, 5.74) is 6.51. The number of pyridine rings is 1. The van der Waals surface area contributed by atoms with Crippen LogP contribution in [-0.4, -0.2) is 41.0 Å². The third-order valence-corrected chi connectivity index (χ3v) is 3.02. The molecule has 0 aliphatic rings. The third-order valence-electron chi connectivity index (χ3n) is 2.82. The molecular formula is C14H21N3O2S. The lowest BCUT2D eigenvalue weighted by Crippen LogP contribution is -2.33. The van der Waals surface area contributed by atoms with E-state index in [1.807, 2.05) is 12.1 Å². The highest BCUT2D eigenvalue weighted by molar-refractivity contribution is 7.80. The highest BCUT2D eigenvalue weighted by Gasteiger charge is 2.14. The Hall–Kier alpha value is -1.53. The van der Waals surface area contributed by atoms with Crippen molar-refractivity contribution in [2.75, 3.05) is 20.3 Å². The lowest BCUT2D eigenvalue weighted by atomic mass is 10.2. The van der Waals surface area contributed by atoms with E-state index in [0.29, 0.717) is 43.9 Å². The zero-order valence-corrected chi connectivity index (χ0v) is 12.6. The number of thiocarbonyl (C=S) groups is 1. The first-order valence-corrected chi connectivity index (χ1v) is 6.98. The lowest BCUT2D eigenvalue weighted by molar-refractivity contribution is -0.132. The van der Waals surface area contributed by atoms with Crippen LogP contribution in [-0.2, 0) is 16.1 Å². The fourth-order valence-electron chi connectivity index (χ4n) is 1.77. The van der Waals surface area contributed by atoms with Gasteiger partial charge in [0.05, 0.1) is 4.99 Å². The second-order valence-corrected chi connectivity index (χ2v) is 5.01. The quantitative estimate of drug-likeness (QED) is 0.552. The van der Waals surface area contributed by atoms with Crippen molar-refractivity contribution in [2.24, 2.45) is 5.73 Å². The maximum Gasteiger partial charge on any atom is 0.222 e. The molecule has 0 saturated heterocycles. The van der Waals surface area contributed by atoms with Crippen LogP contribution in [0.2, 0.25) is 0 Å². The molecule has 1 rings (SSSR count). The average Bonchev–Trinajstić information content (AvgIpc) is 2.44. The van der Waals surface area contributed by atoms with Gasteiger partial charge in [0.25, 0.3) is 0 Å². The molecule has 0 aromatic carbocycles. The molecule has 0 spiro atoms. The maximum atomic E-state index is 12.2. The Labute approximate surface area is 125 Å². The summed E-state index contributed by atoms with van der Waals surface area (Å²) < 4.78 is 4.97. The molecular weight excluding hydrogens is 274 g/mol. The number of methoxy groups -OCH3 is 1. The molecule has 20 heavy (non-hydrogen) atoms. The van der Waals surface area contributed by atoms with Gasteiger partial charge in [-0.05, 0) is 18.1 Å². The molecule has 5 nitrogen and oxygen atoms in total.